The molecular formula is C14H18N4O. The molecule has 0 atom stereocenters. The summed E-state index contributed by atoms with van der Waals surface area (Å²) >= 11 is 0. The molecule has 0 bridgehead atoms. The van der Waals surface area contributed by atoms with Gasteiger partial charge in [0.15, 0.2) is 0 Å². The molecule has 5 heteroatoms. The first kappa shape index (κ1) is 13.3. The molecule has 0 fully saturated rings. The van der Waals surface area contributed by atoms with Gasteiger partial charge in [-0.2, -0.15) is 4.98 Å². The summed E-state index contributed by atoms with van der Waals surface area (Å²) in [7, 11) is 0. The number of aryl methyl sites for hydroxylation is 1. The Morgan fingerprint density at radius 1 is 1.21 bits per heavy atom. The van der Waals surface area contributed by atoms with Crippen molar-refractivity contribution in [3.63, 3.8) is 0 Å². The van der Waals surface area contributed by atoms with E-state index in [9.17, 15) is 0 Å². The number of pyridine rings is 1. The second-order valence-electron chi connectivity index (χ2n) is 3.97. The average molecular weight is 258 g/mol. The summed E-state index contributed by atoms with van der Waals surface area (Å²) in [5.74, 6) is 2.15. The fourth-order valence-corrected chi connectivity index (χ4v) is 1.63. The summed E-state index contributed by atoms with van der Waals surface area (Å²) in [5, 5.41) is 3.24. The molecule has 2 aromatic rings. The molecule has 2 heterocycles. The number of aromatic nitrogens is 3. The van der Waals surface area contributed by atoms with E-state index in [0.717, 1.165) is 23.8 Å². The standard InChI is InChI=1S/C14H18N4O/c1-3-12-17-13(9-14(18-12)19-4-2)16-10-11-7-5-6-8-15-11/h5-9H,3-4,10H2,1-2H3,(H,16,17,18). The van der Waals surface area contributed by atoms with E-state index in [4.69, 9.17) is 4.74 Å². The Kier molecular flexibility index (Phi) is 4.66. The van der Waals surface area contributed by atoms with E-state index in [-0.39, 0.29) is 0 Å². The van der Waals surface area contributed by atoms with E-state index < -0.39 is 0 Å². The zero-order valence-corrected chi connectivity index (χ0v) is 11.3. The monoisotopic (exact) mass is 258 g/mol. The van der Waals surface area contributed by atoms with Gasteiger partial charge in [0, 0.05) is 18.7 Å². The van der Waals surface area contributed by atoms with Gasteiger partial charge in [-0.1, -0.05) is 13.0 Å². The Hall–Kier alpha value is -2.17. The molecule has 19 heavy (non-hydrogen) atoms. The van der Waals surface area contributed by atoms with Crippen LogP contribution in [0.25, 0.3) is 0 Å². The number of ether oxygens (including phenoxy) is 1. The van der Waals surface area contributed by atoms with E-state index in [1.165, 1.54) is 0 Å². The van der Waals surface area contributed by atoms with Gasteiger partial charge in [-0.15, -0.1) is 0 Å². The molecule has 0 unspecified atom stereocenters. The lowest BCUT2D eigenvalue weighted by molar-refractivity contribution is 0.325. The van der Waals surface area contributed by atoms with Gasteiger partial charge in [0.05, 0.1) is 18.8 Å². The molecular weight excluding hydrogens is 240 g/mol. The van der Waals surface area contributed by atoms with Crippen molar-refractivity contribution in [1.29, 1.82) is 0 Å². The van der Waals surface area contributed by atoms with Crippen LogP contribution in [-0.4, -0.2) is 21.6 Å². The number of rotatable bonds is 6. The Labute approximate surface area is 113 Å². The van der Waals surface area contributed by atoms with Crippen LogP contribution in [0.15, 0.2) is 30.5 Å². The quantitative estimate of drug-likeness (QED) is 0.862. The van der Waals surface area contributed by atoms with Crippen LogP contribution in [-0.2, 0) is 13.0 Å². The van der Waals surface area contributed by atoms with Crippen LogP contribution >= 0.6 is 0 Å². The SMILES string of the molecule is CCOc1cc(NCc2ccccn2)nc(CC)n1. The Morgan fingerprint density at radius 2 is 2.11 bits per heavy atom. The molecule has 100 valence electrons. The first-order valence-corrected chi connectivity index (χ1v) is 6.46. The molecule has 2 aromatic heterocycles. The number of hydrogen-bond donors (Lipinski definition) is 1. The molecule has 0 aliphatic rings. The summed E-state index contributed by atoms with van der Waals surface area (Å²) in [4.78, 5) is 13.0. The average Bonchev–Trinajstić information content (AvgIpc) is 2.46. The van der Waals surface area contributed by atoms with Crippen LogP contribution in [0.5, 0.6) is 5.88 Å². The highest BCUT2D eigenvalue weighted by atomic mass is 16.5. The summed E-state index contributed by atoms with van der Waals surface area (Å²) in [6.45, 7) is 5.19. The fourth-order valence-electron chi connectivity index (χ4n) is 1.63. The second kappa shape index (κ2) is 6.68. The van der Waals surface area contributed by atoms with Gasteiger partial charge in [-0.05, 0) is 19.1 Å². The van der Waals surface area contributed by atoms with E-state index >= 15 is 0 Å². The van der Waals surface area contributed by atoms with E-state index in [0.29, 0.717) is 19.0 Å². The molecule has 1 N–H and O–H groups in total. The molecule has 0 amide bonds. The van der Waals surface area contributed by atoms with Crippen molar-refractivity contribution in [2.45, 2.75) is 26.8 Å². The summed E-state index contributed by atoms with van der Waals surface area (Å²) in [5.41, 5.74) is 0.970. The van der Waals surface area contributed by atoms with Crippen LogP contribution in [0.2, 0.25) is 0 Å². The van der Waals surface area contributed by atoms with Crippen molar-refractivity contribution < 1.29 is 4.74 Å². The topological polar surface area (TPSA) is 59.9 Å². The summed E-state index contributed by atoms with van der Waals surface area (Å²) < 4.78 is 5.43. The third kappa shape index (κ3) is 3.91. The predicted molar refractivity (Wildman–Crippen MR) is 74.1 cm³/mol. The van der Waals surface area contributed by atoms with E-state index in [1.54, 1.807) is 6.20 Å². The highest BCUT2D eigenvalue weighted by Gasteiger charge is 2.04. The number of nitrogens with zero attached hydrogens (tertiary/aromatic N) is 3. The molecule has 0 saturated carbocycles. The minimum absolute atomic E-state index is 0.597. The molecule has 5 nitrogen and oxygen atoms in total. The zero-order chi connectivity index (χ0) is 13.5. The molecule has 0 aliphatic carbocycles. The Bertz CT molecular complexity index is 516. The molecule has 2 rings (SSSR count). The van der Waals surface area contributed by atoms with E-state index in [2.05, 4.69) is 20.3 Å². The minimum atomic E-state index is 0.597. The zero-order valence-electron chi connectivity index (χ0n) is 11.3. The summed E-state index contributed by atoms with van der Waals surface area (Å²) in [6, 6.07) is 7.65. The van der Waals surface area contributed by atoms with Crippen molar-refractivity contribution in [2.24, 2.45) is 0 Å². The van der Waals surface area contributed by atoms with Crippen molar-refractivity contribution in [3.8, 4) is 5.88 Å². The van der Waals surface area contributed by atoms with Gasteiger partial charge < -0.3 is 10.1 Å². The Balaban J connectivity index is 2.08. The van der Waals surface area contributed by atoms with E-state index in [1.807, 2.05) is 38.1 Å². The predicted octanol–water partition coefficient (Wildman–Crippen LogP) is 2.44. The highest BCUT2D eigenvalue weighted by molar-refractivity contribution is 5.38. The van der Waals surface area contributed by atoms with Crippen molar-refractivity contribution in [3.05, 3.63) is 42.0 Å². The van der Waals surface area contributed by atoms with Crippen LogP contribution in [0, 0.1) is 0 Å². The lowest BCUT2D eigenvalue weighted by Gasteiger charge is -2.09. The smallest absolute Gasteiger partial charge is 0.218 e. The van der Waals surface area contributed by atoms with Crippen LogP contribution in [0.1, 0.15) is 25.4 Å². The highest BCUT2D eigenvalue weighted by Crippen LogP contribution is 2.14. The summed E-state index contributed by atoms with van der Waals surface area (Å²) in [6.07, 6.45) is 2.55. The normalized spacial score (nSPS) is 10.2. The Morgan fingerprint density at radius 3 is 2.79 bits per heavy atom. The van der Waals surface area contributed by atoms with Crippen LogP contribution < -0.4 is 10.1 Å². The molecule has 0 aliphatic heterocycles. The molecule has 0 spiro atoms. The van der Waals surface area contributed by atoms with Gasteiger partial charge >= 0.3 is 0 Å². The first-order chi connectivity index (χ1) is 9.31. The lowest BCUT2D eigenvalue weighted by Crippen LogP contribution is -2.07. The maximum Gasteiger partial charge on any atom is 0.218 e. The van der Waals surface area contributed by atoms with Crippen LogP contribution in [0.4, 0.5) is 5.82 Å². The van der Waals surface area contributed by atoms with Crippen molar-refractivity contribution in [1.82, 2.24) is 15.0 Å². The first-order valence-electron chi connectivity index (χ1n) is 6.46. The lowest BCUT2D eigenvalue weighted by atomic mass is 10.3. The fraction of sp³-hybridized carbons (Fsp3) is 0.357. The van der Waals surface area contributed by atoms with Crippen LogP contribution in [0.3, 0.4) is 0 Å². The number of hydrogen-bond acceptors (Lipinski definition) is 5. The van der Waals surface area contributed by atoms with Gasteiger partial charge in [0.2, 0.25) is 5.88 Å². The molecule has 0 saturated heterocycles. The number of nitrogens with one attached hydrogen (secondary N) is 1. The third-order valence-electron chi connectivity index (χ3n) is 2.53. The van der Waals surface area contributed by atoms with Gasteiger partial charge in [0.25, 0.3) is 0 Å². The molecule has 0 radical (unpaired) electrons. The van der Waals surface area contributed by atoms with Gasteiger partial charge in [-0.3, -0.25) is 4.98 Å². The minimum Gasteiger partial charge on any atom is -0.478 e. The second-order valence-corrected chi connectivity index (χ2v) is 3.97. The maximum absolute atomic E-state index is 5.43. The van der Waals surface area contributed by atoms with Gasteiger partial charge in [0.1, 0.15) is 11.6 Å². The number of anilines is 1. The van der Waals surface area contributed by atoms with Gasteiger partial charge in [-0.25, -0.2) is 4.98 Å². The van der Waals surface area contributed by atoms with Crippen molar-refractivity contribution >= 4 is 5.82 Å². The maximum atomic E-state index is 5.43. The largest absolute Gasteiger partial charge is 0.478 e. The van der Waals surface area contributed by atoms with Crippen molar-refractivity contribution in [2.75, 3.05) is 11.9 Å². The molecule has 0 aromatic carbocycles. The third-order valence-corrected chi connectivity index (χ3v) is 2.53.